The van der Waals surface area contributed by atoms with Crippen LogP contribution in [0.5, 0.6) is 0 Å². The maximum absolute atomic E-state index is 12.3. The Bertz CT molecular complexity index is 409. The third-order valence-electron chi connectivity index (χ3n) is 5.36. The molecular weight excluding hydrogens is 294 g/mol. The van der Waals surface area contributed by atoms with Gasteiger partial charge >= 0.3 is 6.03 Å². The van der Waals surface area contributed by atoms with Crippen LogP contribution in [-0.4, -0.2) is 55.2 Å². The molecule has 1 aliphatic carbocycles. The summed E-state index contributed by atoms with van der Waals surface area (Å²) in [4.78, 5) is 26.4. The molecule has 0 spiro atoms. The zero-order chi connectivity index (χ0) is 16.1. The van der Waals surface area contributed by atoms with Gasteiger partial charge in [0.2, 0.25) is 5.91 Å². The van der Waals surface area contributed by atoms with Gasteiger partial charge in [-0.3, -0.25) is 4.79 Å². The Labute approximate surface area is 138 Å². The van der Waals surface area contributed by atoms with E-state index in [1.54, 1.807) is 0 Å². The Kier molecular flexibility index (Phi) is 5.75. The van der Waals surface area contributed by atoms with Gasteiger partial charge in [0, 0.05) is 31.8 Å². The molecule has 2 aliphatic heterocycles. The van der Waals surface area contributed by atoms with Crippen molar-refractivity contribution in [2.24, 2.45) is 5.92 Å². The molecule has 0 bridgehead atoms. The zero-order valence-electron chi connectivity index (χ0n) is 13.9. The van der Waals surface area contributed by atoms with E-state index in [-0.39, 0.29) is 23.9 Å². The summed E-state index contributed by atoms with van der Waals surface area (Å²) in [6, 6.07) is 0.487. The predicted molar refractivity (Wildman–Crippen MR) is 87.1 cm³/mol. The second kappa shape index (κ2) is 7.99. The Morgan fingerprint density at radius 3 is 2.13 bits per heavy atom. The van der Waals surface area contributed by atoms with Crippen molar-refractivity contribution in [1.82, 2.24) is 15.5 Å². The molecule has 1 atom stereocenters. The second-order valence-corrected chi connectivity index (χ2v) is 7.11. The molecule has 0 radical (unpaired) electrons. The molecule has 3 aliphatic rings. The highest BCUT2D eigenvalue weighted by molar-refractivity contribution is 5.79. The van der Waals surface area contributed by atoms with E-state index in [1.807, 2.05) is 4.90 Å². The first-order chi connectivity index (χ1) is 11.2. The van der Waals surface area contributed by atoms with Crippen LogP contribution in [-0.2, 0) is 9.53 Å². The molecule has 130 valence electrons. The van der Waals surface area contributed by atoms with Gasteiger partial charge in [0.25, 0.3) is 0 Å². The van der Waals surface area contributed by atoms with Crippen molar-refractivity contribution in [2.75, 3.05) is 26.3 Å². The van der Waals surface area contributed by atoms with Gasteiger partial charge in [-0.1, -0.05) is 19.3 Å². The number of nitrogens with one attached hydrogen (secondary N) is 2. The second-order valence-electron chi connectivity index (χ2n) is 7.11. The molecule has 1 unspecified atom stereocenters. The number of amides is 3. The lowest BCUT2D eigenvalue weighted by molar-refractivity contribution is -0.136. The summed E-state index contributed by atoms with van der Waals surface area (Å²) in [5.74, 6) is 0.279. The molecule has 3 fully saturated rings. The Hall–Kier alpha value is -1.30. The smallest absolute Gasteiger partial charge is 0.315 e. The van der Waals surface area contributed by atoms with E-state index < -0.39 is 0 Å². The molecule has 6 nitrogen and oxygen atoms in total. The van der Waals surface area contributed by atoms with Crippen LogP contribution >= 0.6 is 0 Å². The van der Waals surface area contributed by atoms with Crippen LogP contribution < -0.4 is 10.6 Å². The normalized spacial score (nSPS) is 27.0. The standard InChI is InChI=1S/C17H29N3O3/c21-16(13-8-11-23-12-13)20-9-6-15(7-10-20)19-17(22)18-14-4-2-1-3-5-14/h13-15H,1-12H2,(H2,18,19,22). The third kappa shape index (κ3) is 4.59. The van der Waals surface area contributed by atoms with E-state index in [0.717, 1.165) is 45.2 Å². The van der Waals surface area contributed by atoms with Gasteiger partial charge in [-0.15, -0.1) is 0 Å². The number of piperidine rings is 1. The van der Waals surface area contributed by atoms with E-state index in [0.29, 0.717) is 19.3 Å². The summed E-state index contributed by atoms with van der Waals surface area (Å²) >= 11 is 0. The molecule has 1 saturated carbocycles. The molecule has 2 heterocycles. The van der Waals surface area contributed by atoms with E-state index in [1.165, 1.54) is 19.3 Å². The van der Waals surface area contributed by atoms with Crippen LogP contribution in [0.2, 0.25) is 0 Å². The average Bonchev–Trinajstić information content (AvgIpc) is 3.10. The van der Waals surface area contributed by atoms with Gasteiger partial charge in [-0.25, -0.2) is 4.79 Å². The molecule has 0 aromatic carbocycles. The number of urea groups is 1. The van der Waals surface area contributed by atoms with Gasteiger partial charge in [-0.05, 0) is 32.1 Å². The number of carbonyl (C=O) groups is 2. The first-order valence-corrected chi connectivity index (χ1v) is 9.16. The van der Waals surface area contributed by atoms with E-state index >= 15 is 0 Å². The minimum atomic E-state index is -0.0362. The van der Waals surface area contributed by atoms with Crippen LogP contribution in [0.15, 0.2) is 0 Å². The van der Waals surface area contributed by atoms with E-state index in [4.69, 9.17) is 4.74 Å². The quantitative estimate of drug-likeness (QED) is 0.829. The van der Waals surface area contributed by atoms with Crippen LogP contribution in [0.4, 0.5) is 4.79 Å². The lowest BCUT2D eigenvalue weighted by atomic mass is 9.96. The molecule has 3 rings (SSSR count). The Morgan fingerprint density at radius 2 is 1.52 bits per heavy atom. The largest absolute Gasteiger partial charge is 0.381 e. The zero-order valence-corrected chi connectivity index (χ0v) is 13.9. The summed E-state index contributed by atoms with van der Waals surface area (Å²) in [5, 5.41) is 6.18. The molecule has 2 saturated heterocycles. The van der Waals surface area contributed by atoms with Gasteiger partial charge in [0.15, 0.2) is 0 Å². The monoisotopic (exact) mass is 323 g/mol. The SMILES string of the molecule is O=C(NC1CCCCC1)NC1CCN(C(=O)C2CCOC2)CC1. The van der Waals surface area contributed by atoms with Crippen LogP contribution in [0, 0.1) is 5.92 Å². The fourth-order valence-corrected chi connectivity index (χ4v) is 3.89. The first kappa shape index (κ1) is 16.6. The molecule has 0 aromatic rings. The molecular formula is C17H29N3O3. The molecule has 0 aromatic heterocycles. The topological polar surface area (TPSA) is 70.7 Å². The predicted octanol–water partition coefficient (Wildman–Crippen LogP) is 1.65. The van der Waals surface area contributed by atoms with Crippen LogP contribution in [0.1, 0.15) is 51.4 Å². The number of likely N-dealkylation sites (tertiary alicyclic amines) is 1. The Balaban J connectivity index is 1.36. The van der Waals surface area contributed by atoms with Crippen LogP contribution in [0.3, 0.4) is 0 Å². The highest BCUT2D eigenvalue weighted by atomic mass is 16.5. The maximum Gasteiger partial charge on any atom is 0.315 e. The van der Waals surface area contributed by atoms with Crippen molar-refractivity contribution in [2.45, 2.75) is 63.5 Å². The number of rotatable bonds is 3. The summed E-state index contributed by atoms with van der Waals surface area (Å²) in [5.41, 5.74) is 0. The minimum Gasteiger partial charge on any atom is -0.381 e. The van der Waals surface area contributed by atoms with Crippen molar-refractivity contribution in [3.05, 3.63) is 0 Å². The van der Waals surface area contributed by atoms with Crippen molar-refractivity contribution in [1.29, 1.82) is 0 Å². The van der Waals surface area contributed by atoms with Crippen molar-refractivity contribution in [3.63, 3.8) is 0 Å². The molecule has 3 amide bonds. The number of carbonyl (C=O) groups excluding carboxylic acids is 2. The van der Waals surface area contributed by atoms with E-state index in [2.05, 4.69) is 10.6 Å². The summed E-state index contributed by atoms with van der Waals surface area (Å²) in [6.07, 6.45) is 8.47. The number of ether oxygens (including phenoxy) is 1. The molecule has 23 heavy (non-hydrogen) atoms. The van der Waals surface area contributed by atoms with Gasteiger partial charge in [0.1, 0.15) is 0 Å². The van der Waals surface area contributed by atoms with Gasteiger partial charge in [-0.2, -0.15) is 0 Å². The summed E-state index contributed by atoms with van der Waals surface area (Å²) in [7, 11) is 0. The molecule has 2 N–H and O–H groups in total. The minimum absolute atomic E-state index is 0.0362. The number of hydrogen-bond donors (Lipinski definition) is 2. The van der Waals surface area contributed by atoms with Crippen molar-refractivity contribution in [3.8, 4) is 0 Å². The average molecular weight is 323 g/mol. The number of hydrogen-bond acceptors (Lipinski definition) is 3. The molecule has 6 heteroatoms. The maximum atomic E-state index is 12.3. The summed E-state index contributed by atoms with van der Waals surface area (Å²) < 4.78 is 5.30. The number of nitrogens with zero attached hydrogens (tertiary/aromatic N) is 1. The lowest BCUT2D eigenvalue weighted by Crippen LogP contribution is -2.51. The highest BCUT2D eigenvalue weighted by Crippen LogP contribution is 2.20. The lowest BCUT2D eigenvalue weighted by Gasteiger charge is -2.34. The fourth-order valence-electron chi connectivity index (χ4n) is 3.89. The first-order valence-electron chi connectivity index (χ1n) is 9.16. The van der Waals surface area contributed by atoms with Crippen LogP contribution in [0.25, 0.3) is 0 Å². The van der Waals surface area contributed by atoms with Gasteiger partial charge < -0.3 is 20.3 Å². The van der Waals surface area contributed by atoms with E-state index in [9.17, 15) is 9.59 Å². The van der Waals surface area contributed by atoms with Crippen molar-refractivity contribution >= 4 is 11.9 Å². The third-order valence-corrected chi connectivity index (χ3v) is 5.36. The highest BCUT2D eigenvalue weighted by Gasteiger charge is 2.31. The summed E-state index contributed by atoms with van der Waals surface area (Å²) in [6.45, 7) is 2.75. The van der Waals surface area contributed by atoms with Gasteiger partial charge in [0.05, 0.1) is 12.5 Å². The fraction of sp³-hybridized carbons (Fsp3) is 0.882. The van der Waals surface area contributed by atoms with Crippen molar-refractivity contribution < 1.29 is 14.3 Å². The Morgan fingerprint density at radius 1 is 0.870 bits per heavy atom.